The Morgan fingerprint density at radius 1 is 1.32 bits per heavy atom. The van der Waals surface area contributed by atoms with E-state index in [-0.39, 0.29) is 24.3 Å². The van der Waals surface area contributed by atoms with Crippen molar-refractivity contribution in [2.75, 3.05) is 0 Å². The standard InChI is InChI=1S/C16H17Cl2NO3/c1-3-10(2)19-16(20)15-7-5-12(22-15)9-21-14-6-4-11(17)8-13(14)18/h4-8,10H,3,9H2,1-2H3,(H,19,20). The minimum absolute atomic E-state index is 0.102. The van der Waals surface area contributed by atoms with Gasteiger partial charge >= 0.3 is 0 Å². The van der Waals surface area contributed by atoms with E-state index in [1.165, 1.54) is 0 Å². The highest BCUT2D eigenvalue weighted by Crippen LogP contribution is 2.28. The average molecular weight is 342 g/mol. The molecule has 1 unspecified atom stereocenters. The van der Waals surface area contributed by atoms with Crippen molar-refractivity contribution in [1.29, 1.82) is 0 Å². The molecule has 1 aromatic heterocycles. The van der Waals surface area contributed by atoms with E-state index in [2.05, 4.69) is 5.32 Å². The van der Waals surface area contributed by atoms with Gasteiger partial charge in [-0.1, -0.05) is 30.1 Å². The smallest absolute Gasteiger partial charge is 0.287 e. The Morgan fingerprint density at radius 2 is 2.09 bits per heavy atom. The number of hydrogen-bond acceptors (Lipinski definition) is 3. The van der Waals surface area contributed by atoms with Crippen molar-refractivity contribution in [3.05, 3.63) is 51.9 Å². The lowest BCUT2D eigenvalue weighted by atomic mass is 10.2. The number of carbonyl (C=O) groups is 1. The van der Waals surface area contributed by atoms with E-state index in [0.717, 1.165) is 6.42 Å². The summed E-state index contributed by atoms with van der Waals surface area (Å²) in [5.74, 6) is 1.08. The molecule has 0 aliphatic rings. The van der Waals surface area contributed by atoms with Crippen LogP contribution in [0.2, 0.25) is 10.0 Å². The summed E-state index contributed by atoms with van der Waals surface area (Å²) in [7, 11) is 0. The van der Waals surface area contributed by atoms with Crippen LogP contribution in [0.1, 0.15) is 36.6 Å². The maximum absolute atomic E-state index is 11.9. The zero-order valence-electron chi connectivity index (χ0n) is 12.4. The molecule has 22 heavy (non-hydrogen) atoms. The second-order valence-corrected chi connectivity index (χ2v) is 5.76. The highest BCUT2D eigenvalue weighted by Gasteiger charge is 2.13. The first kappa shape index (κ1) is 16.7. The number of benzene rings is 1. The van der Waals surface area contributed by atoms with Crippen molar-refractivity contribution in [1.82, 2.24) is 5.32 Å². The van der Waals surface area contributed by atoms with Gasteiger partial charge in [-0.2, -0.15) is 0 Å². The molecule has 1 amide bonds. The van der Waals surface area contributed by atoms with Crippen LogP contribution in [-0.4, -0.2) is 11.9 Å². The van der Waals surface area contributed by atoms with E-state index >= 15 is 0 Å². The minimum Gasteiger partial charge on any atom is -0.484 e. The molecule has 0 aliphatic carbocycles. The van der Waals surface area contributed by atoms with Gasteiger partial charge in [-0.3, -0.25) is 4.79 Å². The number of furan rings is 1. The summed E-state index contributed by atoms with van der Waals surface area (Å²) in [5.41, 5.74) is 0. The van der Waals surface area contributed by atoms with Crippen LogP contribution in [0.25, 0.3) is 0 Å². The fraction of sp³-hybridized carbons (Fsp3) is 0.312. The quantitative estimate of drug-likeness (QED) is 0.828. The van der Waals surface area contributed by atoms with E-state index in [0.29, 0.717) is 21.6 Å². The molecule has 4 nitrogen and oxygen atoms in total. The molecular formula is C16H17Cl2NO3. The molecule has 1 aromatic carbocycles. The van der Waals surface area contributed by atoms with Crippen molar-refractivity contribution in [2.45, 2.75) is 32.9 Å². The summed E-state index contributed by atoms with van der Waals surface area (Å²) in [4.78, 5) is 11.9. The summed E-state index contributed by atoms with van der Waals surface area (Å²) in [6, 6.07) is 8.41. The van der Waals surface area contributed by atoms with Crippen LogP contribution in [0, 0.1) is 0 Å². The van der Waals surface area contributed by atoms with E-state index in [1.54, 1.807) is 30.3 Å². The molecule has 0 fully saturated rings. The van der Waals surface area contributed by atoms with Gasteiger partial charge in [-0.05, 0) is 43.7 Å². The SMILES string of the molecule is CCC(C)NC(=O)c1ccc(COc2ccc(Cl)cc2Cl)o1. The highest BCUT2D eigenvalue weighted by molar-refractivity contribution is 6.35. The molecular weight excluding hydrogens is 325 g/mol. The van der Waals surface area contributed by atoms with Crippen molar-refractivity contribution in [3.63, 3.8) is 0 Å². The lowest BCUT2D eigenvalue weighted by molar-refractivity contribution is 0.0907. The fourth-order valence-corrected chi connectivity index (χ4v) is 2.18. The lowest BCUT2D eigenvalue weighted by Gasteiger charge is -2.09. The summed E-state index contributed by atoms with van der Waals surface area (Å²) >= 11 is 11.8. The molecule has 0 saturated carbocycles. The van der Waals surface area contributed by atoms with Crippen LogP contribution in [-0.2, 0) is 6.61 Å². The average Bonchev–Trinajstić information content (AvgIpc) is 2.95. The Kier molecular flexibility index (Phi) is 5.75. The van der Waals surface area contributed by atoms with Crippen molar-refractivity contribution >= 4 is 29.1 Å². The van der Waals surface area contributed by atoms with Gasteiger partial charge in [0, 0.05) is 11.1 Å². The molecule has 1 N–H and O–H groups in total. The first-order chi connectivity index (χ1) is 10.5. The topological polar surface area (TPSA) is 51.5 Å². The predicted octanol–water partition coefficient (Wildman–Crippen LogP) is 4.69. The Morgan fingerprint density at radius 3 is 2.77 bits per heavy atom. The predicted molar refractivity (Wildman–Crippen MR) is 86.7 cm³/mol. The van der Waals surface area contributed by atoms with Crippen LogP contribution >= 0.6 is 23.2 Å². The maximum atomic E-state index is 11.9. The second kappa shape index (κ2) is 7.56. The maximum Gasteiger partial charge on any atom is 0.287 e. The van der Waals surface area contributed by atoms with Crippen LogP contribution in [0.4, 0.5) is 0 Å². The number of nitrogens with one attached hydrogen (secondary N) is 1. The van der Waals surface area contributed by atoms with E-state index in [1.807, 2.05) is 13.8 Å². The molecule has 0 aliphatic heterocycles. The molecule has 0 radical (unpaired) electrons. The minimum atomic E-state index is -0.231. The number of carbonyl (C=O) groups excluding carboxylic acids is 1. The van der Waals surface area contributed by atoms with Crippen LogP contribution in [0.15, 0.2) is 34.7 Å². The second-order valence-electron chi connectivity index (χ2n) is 4.91. The molecule has 0 bridgehead atoms. The van der Waals surface area contributed by atoms with Gasteiger partial charge in [0.15, 0.2) is 5.76 Å². The first-order valence-corrected chi connectivity index (χ1v) is 7.72. The largest absolute Gasteiger partial charge is 0.484 e. The molecule has 118 valence electrons. The summed E-state index contributed by atoms with van der Waals surface area (Å²) in [6.07, 6.45) is 0.859. The van der Waals surface area contributed by atoms with Gasteiger partial charge in [0.1, 0.15) is 18.1 Å². The monoisotopic (exact) mass is 341 g/mol. The summed E-state index contributed by atoms with van der Waals surface area (Å²) < 4.78 is 11.0. The Labute approximate surface area is 139 Å². The Hall–Kier alpha value is -1.65. The van der Waals surface area contributed by atoms with Crippen molar-refractivity contribution < 1.29 is 13.9 Å². The zero-order chi connectivity index (χ0) is 16.1. The van der Waals surface area contributed by atoms with Gasteiger partial charge in [0.05, 0.1) is 5.02 Å². The van der Waals surface area contributed by atoms with E-state index < -0.39 is 0 Å². The molecule has 6 heteroatoms. The zero-order valence-corrected chi connectivity index (χ0v) is 13.9. The third-order valence-corrected chi connectivity index (χ3v) is 3.67. The molecule has 0 spiro atoms. The number of amides is 1. The molecule has 1 heterocycles. The molecule has 2 rings (SSSR count). The highest BCUT2D eigenvalue weighted by atomic mass is 35.5. The van der Waals surface area contributed by atoms with Crippen LogP contribution < -0.4 is 10.1 Å². The number of halogens is 2. The third-order valence-electron chi connectivity index (χ3n) is 3.14. The van der Waals surface area contributed by atoms with Gasteiger partial charge in [-0.15, -0.1) is 0 Å². The van der Waals surface area contributed by atoms with E-state index in [9.17, 15) is 4.79 Å². The van der Waals surface area contributed by atoms with E-state index in [4.69, 9.17) is 32.4 Å². The van der Waals surface area contributed by atoms with Gasteiger partial charge in [-0.25, -0.2) is 0 Å². The lowest BCUT2D eigenvalue weighted by Crippen LogP contribution is -2.31. The normalized spacial score (nSPS) is 12.0. The Balaban J connectivity index is 1.96. The molecule has 1 atom stereocenters. The first-order valence-electron chi connectivity index (χ1n) is 6.97. The molecule has 2 aromatic rings. The summed E-state index contributed by atoms with van der Waals surface area (Å²) in [6.45, 7) is 4.12. The van der Waals surface area contributed by atoms with Gasteiger partial charge < -0.3 is 14.5 Å². The van der Waals surface area contributed by atoms with Gasteiger partial charge in [0.2, 0.25) is 0 Å². The third kappa shape index (κ3) is 4.42. The van der Waals surface area contributed by atoms with Gasteiger partial charge in [0.25, 0.3) is 5.91 Å². The fourth-order valence-electron chi connectivity index (χ4n) is 1.72. The summed E-state index contributed by atoms with van der Waals surface area (Å²) in [5, 5.41) is 3.80. The molecule has 0 saturated heterocycles. The van der Waals surface area contributed by atoms with Crippen LogP contribution in [0.5, 0.6) is 5.75 Å². The number of ether oxygens (including phenoxy) is 1. The van der Waals surface area contributed by atoms with Crippen molar-refractivity contribution in [3.8, 4) is 5.75 Å². The van der Waals surface area contributed by atoms with Crippen LogP contribution in [0.3, 0.4) is 0 Å². The Bertz CT molecular complexity index is 655. The number of hydrogen-bond donors (Lipinski definition) is 1. The number of rotatable bonds is 6. The van der Waals surface area contributed by atoms with Crippen molar-refractivity contribution in [2.24, 2.45) is 0 Å².